The molecule has 76 valence electrons. The van der Waals surface area contributed by atoms with Crippen molar-refractivity contribution >= 4 is 6.08 Å². The molecule has 0 aromatic carbocycles. The maximum atomic E-state index is 5.03. The minimum atomic E-state index is 0.509. The summed E-state index contributed by atoms with van der Waals surface area (Å²) in [4.78, 5) is 4.30. The third-order valence-corrected chi connectivity index (χ3v) is 2.85. The van der Waals surface area contributed by atoms with Crippen LogP contribution in [0.2, 0.25) is 0 Å². The number of aromatic nitrogens is 2. The Kier molecular flexibility index (Phi) is 2.96. The Morgan fingerprint density at radius 2 is 1.93 bits per heavy atom. The molecule has 1 saturated carbocycles. The van der Waals surface area contributed by atoms with Crippen molar-refractivity contribution in [2.24, 2.45) is 0 Å². The normalized spacial score (nSPS) is 19.1. The molecule has 1 fully saturated rings. The zero-order chi connectivity index (χ0) is 9.80. The second kappa shape index (κ2) is 4.40. The lowest BCUT2D eigenvalue weighted by atomic mass is 10.00. The van der Waals surface area contributed by atoms with Gasteiger partial charge in [0.25, 0.3) is 0 Å². The highest BCUT2D eigenvalue weighted by Crippen LogP contribution is 2.29. The van der Waals surface area contributed by atoms with Crippen molar-refractivity contribution in [1.82, 2.24) is 10.1 Å². The Morgan fingerprint density at radius 3 is 2.50 bits per heavy atom. The maximum absolute atomic E-state index is 5.03. The van der Waals surface area contributed by atoms with E-state index in [1.165, 1.54) is 38.5 Å². The van der Waals surface area contributed by atoms with Gasteiger partial charge in [0.1, 0.15) is 0 Å². The molecule has 3 heteroatoms. The molecule has 0 saturated heterocycles. The van der Waals surface area contributed by atoms with Gasteiger partial charge in [-0.05, 0) is 18.9 Å². The van der Waals surface area contributed by atoms with Crippen LogP contribution in [0.25, 0.3) is 6.08 Å². The van der Waals surface area contributed by atoms with Crippen LogP contribution in [-0.4, -0.2) is 10.1 Å². The number of hydrogen-bond donors (Lipinski definition) is 0. The van der Waals surface area contributed by atoms with Gasteiger partial charge in [-0.2, -0.15) is 4.98 Å². The van der Waals surface area contributed by atoms with Crippen molar-refractivity contribution in [2.75, 3.05) is 0 Å². The van der Waals surface area contributed by atoms with Gasteiger partial charge >= 0.3 is 0 Å². The standard InChI is InChI=1S/C11H16N2O/c1-2-10-12-11(13-14-10)9-7-5-3-4-6-8-9/h2,9H,1,3-8H2. The molecule has 1 aliphatic rings. The molecule has 0 N–H and O–H groups in total. The molecule has 1 aliphatic carbocycles. The summed E-state index contributed by atoms with van der Waals surface area (Å²) >= 11 is 0. The second-order valence-corrected chi connectivity index (χ2v) is 3.88. The molecule has 1 aromatic rings. The molecule has 14 heavy (non-hydrogen) atoms. The highest BCUT2D eigenvalue weighted by Gasteiger charge is 2.18. The van der Waals surface area contributed by atoms with Gasteiger partial charge in [-0.15, -0.1) is 0 Å². The molecule has 3 nitrogen and oxygen atoms in total. The van der Waals surface area contributed by atoms with E-state index >= 15 is 0 Å². The van der Waals surface area contributed by atoms with Gasteiger partial charge in [0.2, 0.25) is 5.89 Å². The Bertz CT molecular complexity index is 298. The molecule has 0 spiro atoms. The summed E-state index contributed by atoms with van der Waals surface area (Å²) in [6.45, 7) is 3.61. The van der Waals surface area contributed by atoms with Crippen LogP contribution < -0.4 is 0 Å². The van der Waals surface area contributed by atoms with E-state index in [9.17, 15) is 0 Å². The largest absolute Gasteiger partial charge is 0.335 e. The molecule has 0 atom stereocenters. The monoisotopic (exact) mass is 192 g/mol. The van der Waals surface area contributed by atoms with Crippen LogP contribution in [0.1, 0.15) is 56.2 Å². The molecule has 0 bridgehead atoms. The predicted molar refractivity (Wildman–Crippen MR) is 54.8 cm³/mol. The van der Waals surface area contributed by atoms with Crippen molar-refractivity contribution in [3.63, 3.8) is 0 Å². The van der Waals surface area contributed by atoms with Crippen molar-refractivity contribution < 1.29 is 4.52 Å². The van der Waals surface area contributed by atoms with E-state index in [4.69, 9.17) is 4.52 Å². The molecule has 2 rings (SSSR count). The molecule has 0 unspecified atom stereocenters. The Hall–Kier alpha value is -1.12. The quantitative estimate of drug-likeness (QED) is 0.675. The van der Waals surface area contributed by atoms with Gasteiger partial charge in [0, 0.05) is 5.92 Å². The van der Waals surface area contributed by atoms with Gasteiger partial charge in [-0.25, -0.2) is 0 Å². The summed E-state index contributed by atoms with van der Waals surface area (Å²) in [6, 6.07) is 0. The van der Waals surface area contributed by atoms with E-state index in [1.54, 1.807) is 6.08 Å². The van der Waals surface area contributed by atoms with Crippen molar-refractivity contribution in [3.05, 3.63) is 18.3 Å². The van der Waals surface area contributed by atoms with Gasteiger partial charge < -0.3 is 4.52 Å². The van der Waals surface area contributed by atoms with E-state index in [0.717, 1.165) is 5.82 Å². The average Bonchev–Trinajstić information content (AvgIpc) is 2.53. The first-order valence-electron chi connectivity index (χ1n) is 5.36. The summed E-state index contributed by atoms with van der Waals surface area (Å²) in [5.74, 6) is 1.93. The Labute approximate surface area is 84.2 Å². The number of hydrogen-bond acceptors (Lipinski definition) is 3. The second-order valence-electron chi connectivity index (χ2n) is 3.88. The highest BCUT2D eigenvalue weighted by atomic mass is 16.5. The lowest BCUT2D eigenvalue weighted by Gasteiger charge is -2.07. The highest BCUT2D eigenvalue weighted by molar-refractivity contribution is 5.32. The van der Waals surface area contributed by atoms with E-state index in [2.05, 4.69) is 16.7 Å². The Morgan fingerprint density at radius 1 is 1.21 bits per heavy atom. The summed E-state index contributed by atoms with van der Waals surface area (Å²) in [7, 11) is 0. The zero-order valence-corrected chi connectivity index (χ0v) is 8.41. The molecule has 0 aliphatic heterocycles. The van der Waals surface area contributed by atoms with Crippen LogP contribution in [0.15, 0.2) is 11.1 Å². The molecule has 1 aromatic heterocycles. The average molecular weight is 192 g/mol. The lowest BCUT2D eigenvalue weighted by Crippen LogP contribution is -1.99. The van der Waals surface area contributed by atoms with E-state index in [-0.39, 0.29) is 0 Å². The van der Waals surface area contributed by atoms with Crippen molar-refractivity contribution in [2.45, 2.75) is 44.4 Å². The van der Waals surface area contributed by atoms with E-state index in [1.807, 2.05) is 0 Å². The van der Waals surface area contributed by atoms with Crippen molar-refractivity contribution in [3.8, 4) is 0 Å². The summed E-state index contributed by atoms with van der Waals surface area (Å²) < 4.78 is 5.03. The zero-order valence-electron chi connectivity index (χ0n) is 8.41. The third kappa shape index (κ3) is 2.03. The fraction of sp³-hybridized carbons (Fsp3) is 0.636. The molecule has 0 amide bonds. The van der Waals surface area contributed by atoms with Gasteiger partial charge in [0.15, 0.2) is 5.82 Å². The van der Waals surface area contributed by atoms with E-state index < -0.39 is 0 Å². The van der Waals surface area contributed by atoms with Gasteiger partial charge in [-0.1, -0.05) is 37.4 Å². The van der Waals surface area contributed by atoms with Crippen LogP contribution in [-0.2, 0) is 0 Å². The van der Waals surface area contributed by atoms with Crippen LogP contribution in [0.3, 0.4) is 0 Å². The van der Waals surface area contributed by atoms with Crippen LogP contribution >= 0.6 is 0 Å². The summed E-state index contributed by atoms with van der Waals surface area (Å²) in [5.41, 5.74) is 0. The number of nitrogens with zero attached hydrogens (tertiary/aromatic N) is 2. The van der Waals surface area contributed by atoms with Gasteiger partial charge in [0.05, 0.1) is 0 Å². The molecular weight excluding hydrogens is 176 g/mol. The number of rotatable bonds is 2. The van der Waals surface area contributed by atoms with Crippen LogP contribution in [0, 0.1) is 0 Å². The smallest absolute Gasteiger partial charge is 0.250 e. The first-order chi connectivity index (χ1) is 6.90. The van der Waals surface area contributed by atoms with Gasteiger partial charge in [-0.3, -0.25) is 0 Å². The SMILES string of the molecule is C=Cc1nc(C2CCCCCC2)no1. The van der Waals surface area contributed by atoms with Crippen LogP contribution in [0.4, 0.5) is 0 Å². The topological polar surface area (TPSA) is 38.9 Å². The van der Waals surface area contributed by atoms with Crippen molar-refractivity contribution in [1.29, 1.82) is 0 Å². The van der Waals surface area contributed by atoms with E-state index in [0.29, 0.717) is 11.8 Å². The van der Waals surface area contributed by atoms with Crippen LogP contribution in [0.5, 0.6) is 0 Å². The molecular formula is C11H16N2O. The first kappa shape index (κ1) is 9.44. The summed E-state index contributed by atoms with van der Waals surface area (Å²) in [5, 5.41) is 4.00. The fourth-order valence-electron chi connectivity index (χ4n) is 2.03. The summed E-state index contributed by atoms with van der Waals surface area (Å²) in [6.07, 6.45) is 9.30. The minimum Gasteiger partial charge on any atom is -0.335 e. The minimum absolute atomic E-state index is 0.509. The lowest BCUT2D eigenvalue weighted by molar-refractivity contribution is 0.393. The predicted octanol–water partition coefficient (Wildman–Crippen LogP) is 3.15. The maximum Gasteiger partial charge on any atom is 0.250 e. The molecule has 1 heterocycles. The Balaban J connectivity index is 2.08. The fourth-order valence-corrected chi connectivity index (χ4v) is 2.03. The first-order valence-corrected chi connectivity index (χ1v) is 5.36. The third-order valence-electron chi connectivity index (χ3n) is 2.85. The molecule has 0 radical (unpaired) electrons.